The zero-order valence-corrected chi connectivity index (χ0v) is 20.8. The van der Waals surface area contributed by atoms with Crippen LogP contribution in [0.25, 0.3) is 0 Å². The molecule has 0 radical (unpaired) electrons. The highest BCUT2D eigenvalue weighted by molar-refractivity contribution is 5.98. The van der Waals surface area contributed by atoms with Crippen LogP contribution in [0.1, 0.15) is 42.6 Å². The van der Waals surface area contributed by atoms with Gasteiger partial charge in [-0.15, -0.1) is 0 Å². The first kappa shape index (κ1) is 25.3. The Morgan fingerprint density at radius 1 is 1.06 bits per heavy atom. The lowest BCUT2D eigenvalue weighted by Crippen LogP contribution is -2.48. The van der Waals surface area contributed by atoms with Crippen LogP contribution < -0.4 is 5.32 Å². The molecule has 2 unspecified atom stereocenters. The molecule has 2 aromatic carbocycles. The minimum Gasteiger partial charge on any atom is -0.340 e. The molecule has 2 fully saturated rings. The molecule has 2 aliphatic rings. The number of hydrogen-bond acceptors (Lipinski definition) is 4. The number of hydrogen-bond donors (Lipinski definition) is 1. The maximum atomic E-state index is 13.7. The smallest absolute Gasteiger partial charge is 0.254 e. The van der Waals surface area contributed by atoms with Crippen molar-refractivity contribution in [3.05, 3.63) is 71.5 Å². The van der Waals surface area contributed by atoms with Gasteiger partial charge in [0.15, 0.2) is 0 Å². The molecule has 0 spiro atoms. The molecule has 4 rings (SSSR count). The lowest BCUT2D eigenvalue weighted by Gasteiger charge is -2.30. The number of nitrogens with zero attached hydrogens (tertiary/aromatic N) is 3. The second-order valence-corrected chi connectivity index (χ2v) is 10.1. The Bertz CT molecular complexity index is 974. The van der Waals surface area contributed by atoms with Gasteiger partial charge in [0, 0.05) is 50.9 Å². The normalized spacial score (nSPS) is 20.9. The summed E-state index contributed by atoms with van der Waals surface area (Å²) in [7, 11) is 0. The number of rotatable bonds is 7. The first-order valence-electron chi connectivity index (χ1n) is 12.8. The van der Waals surface area contributed by atoms with E-state index in [-0.39, 0.29) is 23.7 Å². The van der Waals surface area contributed by atoms with Crippen molar-refractivity contribution in [3.63, 3.8) is 0 Å². The Morgan fingerprint density at radius 2 is 1.80 bits per heavy atom. The van der Waals surface area contributed by atoms with Gasteiger partial charge in [0.1, 0.15) is 11.9 Å². The fraction of sp³-hybridized carbons (Fsp3) is 0.500. The number of benzene rings is 2. The van der Waals surface area contributed by atoms with Crippen molar-refractivity contribution in [1.82, 2.24) is 20.0 Å². The van der Waals surface area contributed by atoms with E-state index in [1.165, 1.54) is 29.8 Å². The van der Waals surface area contributed by atoms with Crippen molar-refractivity contribution in [2.75, 3.05) is 39.3 Å². The van der Waals surface area contributed by atoms with Crippen LogP contribution in [-0.4, -0.2) is 77.9 Å². The van der Waals surface area contributed by atoms with Crippen LogP contribution in [0.15, 0.2) is 54.6 Å². The molecule has 6 nitrogen and oxygen atoms in total. The number of likely N-dealkylation sites (tertiary alicyclic amines) is 1. The average Bonchev–Trinajstić information content (AvgIpc) is 3.11. The largest absolute Gasteiger partial charge is 0.340 e. The molecule has 188 valence electrons. The molecule has 2 aliphatic heterocycles. The second-order valence-electron chi connectivity index (χ2n) is 10.1. The molecule has 2 saturated heterocycles. The molecule has 0 aromatic heterocycles. The maximum absolute atomic E-state index is 13.7. The van der Waals surface area contributed by atoms with Crippen LogP contribution >= 0.6 is 0 Å². The lowest BCUT2D eigenvalue weighted by molar-refractivity contribution is -0.135. The number of amides is 2. The van der Waals surface area contributed by atoms with Gasteiger partial charge in [-0.25, -0.2) is 4.39 Å². The molecule has 0 saturated carbocycles. The van der Waals surface area contributed by atoms with E-state index in [2.05, 4.69) is 36.2 Å². The molecule has 1 N–H and O–H groups in total. The van der Waals surface area contributed by atoms with E-state index in [4.69, 9.17) is 0 Å². The van der Waals surface area contributed by atoms with E-state index < -0.39 is 6.04 Å². The van der Waals surface area contributed by atoms with Gasteiger partial charge in [-0.05, 0) is 55.1 Å². The summed E-state index contributed by atoms with van der Waals surface area (Å²) in [5, 5.41) is 3.35. The molecule has 2 atom stereocenters. The number of carbonyl (C=O) groups is 2. The van der Waals surface area contributed by atoms with Gasteiger partial charge in [-0.2, -0.15) is 0 Å². The van der Waals surface area contributed by atoms with Crippen molar-refractivity contribution in [1.29, 1.82) is 0 Å². The lowest BCUT2D eigenvalue weighted by atomic mass is 10.1. The molecular weight excluding hydrogens is 443 g/mol. The van der Waals surface area contributed by atoms with Gasteiger partial charge >= 0.3 is 0 Å². The Kier molecular flexibility index (Phi) is 8.52. The van der Waals surface area contributed by atoms with Gasteiger partial charge in [-0.1, -0.05) is 44.2 Å². The summed E-state index contributed by atoms with van der Waals surface area (Å²) < 4.78 is 13.5. The molecule has 0 aliphatic carbocycles. The fourth-order valence-corrected chi connectivity index (χ4v) is 5.20. The first-order chi connectivity index (χ1) is 16.9. The van der Waals surface area contributed by atoms with Gasteiger partial charge in [-0.3, -0.25) is 14.5 Å². The summed E-state index contributed by atoms with van der Waals surface area (Å²) in [4.78, 5) is 33.4. The Morgan fingerprint density at radius 3 is 2.51 bits per heavy atom. The molecule has 2 heterocycles. The van der Waals surface area contributed by atoms with Crippen LogP contribution in [0, 0.1) is 11.7 Å². The molecule has 35 heavy (non-hydrogen) atoms. The summed E-state index contributed by atoms with van der Waals surface area (Å²) >= 11 is 0. The Balaban J connectivity index is 1.60. The highest BCUT2D eigenvalue weighted by Crippen LogP contribution is 2.28. The average molecular weight is 481 g/mol. The molecule has 2 aromatic rings. The summed E-state index contributed by atoms with van der Waals surface area (Å²) in [6.45, 7) is 9.55. The zero-order chi connectivity index (χ0) is 24.8. The van der Waals surface area contributed by atoms with Crippen molar-refractivity contribution in [3.8, 4) is 0 Å². The number of carbonyl (C=O) groups excluding carboxylic acids is 2. The van der Waals surface area contributed by atoms with Crippen molar-refractivity contribution in [2.45, 2.75) is 45.3 Å². The summed E-state index contributed by atoms with van der Waals surface area (Å²) in [6, 6.07) is 15.5. The van der Waals surface area contributed by atoms with Gasteiger partial charge in [0.05, 0.1) is 0 Å². The van der Waals surface area contributed by atoms with E-state index in [0.717, 1.165) is 32.6 Å². The Hall–Kier alpha value is -2.77. The Labute approximate surface area is 208 Å². The third-order valence-corrected chi connectivity index (χ3v) is 6.91. The second kappa shape index (κ2) is 11.8. The van der Waals surface area contributed by atoms with E-state index in [0.29, 0.717) is 37.5 Å². The summed E-state index contributed by atoms with van der Waals surface area (Å²) in [5.41, 5.74) is 1.64. The van der Waals surface area contributed by atoms with Crippen LogP contribution in [0.3, 0.4) is 0 Å². The molecule has 7 heteroatoms. The first-order valence-corrected chi connectivity index (χ1v) is 12.8. The van der Waals surface area contributed by atoms with E-state index in [9.17, 15) is 14.0 Å². The predicted octanol–water partition coefficient (Wildman–Crippen LogP) is 3.39. The van der Waals surface area contributed by atoms with Crippen molar-refractivity contribution < 1.29 is 14.0 Å². The van der Waals surface area contributed by atoms with Crippen LogP contribution in [0.4, 0.5) is 4.39 Å². The monoisotopic (exact) mass is 480 g/mol. The third-order valence-electron chi connectivity index (χ3n) is 6.91. The zero-order valence-electron chi connectivity index (χ0n) is 20.8. The van der Waals surface area contributed by atoms with E-state index in [1.54, 1.807) is 4.90 Å². The van der Waals surface area contributed by atoms with Crippen LogP contribution in [-0.2, 0) is 11.3 Å². The highest BCUT2D eigenvalue weighted by Gasteiger charge is 2.43. The van der Waals surface area contributed by atoms with Gasteiger partial charge in [0.2, 0.25) is 5.91 Å². The minimum absolute atomic E-state index is 0.0240. The van der Waals surface area contributed by atoms with E-state index in [1.807, 2.05) is 23.1 Å². The summed E-state index contributed by atoms with van der Waals surface area (Å²) in [6.07, 6.45) is 1.51. The van der Waals surface area contributed by atoms with Crippen LogP contribution in [0.5, 0.6) is 0 Å². The minimum atomic E-state index is -0.513. The van der Waals surface area contributed by atoms with E-state index >= 15 is 0 Å². The van der Waals surface area contributed by atoms with Crippen LogP contribution in [0.2, 0.25) is 0 Å². The molecule has 0 bridgehead atoms. The van der Waals surface area contributed by atoms with Gasteiger partial charge in [0.25, 0.3) is 5.91 Å². The number of halogens is 1. The predicted molar refractivity (Wildman–Crippen MR) is 135 cm³/mol. The van der Waals surface area contributed by atoms with Crippen molar-refractivity contribution >= 4 is 11.8 Å². The topological polar surface area (TPSA) is 55.9 Å². The van der Waals surface area contributed by atoms with Gasteiger partial charge < -0.3 is 15.1 Å². The highest BCUT2D eigenvalue weighted by atomic mass is 19.1. The fourth-order valence-electron chi connectivity index (χ4n) is 5.20. The quantitative estimate of drug-likeness (QED) is 0.660. The maximum Gasteiger partial charge on any atom is 0.254 e. The SMILES string of the molecule is CC(C)CN(Cc1ccccc1)C1CC(C(=O)N2CCCNCC2)N(C(=O)c2ccc(F)cc2)C1. The molecular formula is C28H37FN4O2. The number of nitrogens with one attached hydrogen (secondary N) is 1. The van der Waals surface area contributed by atoms with Crippen molar-refractivity contribution in [2.24, 2.45) is 5.92 Å². The molecule has 2 amide bonds. The standard InChI is InChI=1S/C28H37FN4O2/c1-21(2)18-32(19-22-7-4-3-5-8-22)25-17-26(28(35)31-15-6-13-30-14-16-31)33(20-25)27(34)23-9-11-24(29)12-10-23/h3-5,7-12,21,25-26,30H,6,13-20H2,1-2H3. The summed E-state index contributed by atoms with van der Waals surface area (Å²) in [5.74, 6) is -0.109. The third kappa shape index (κ3) is 6.47.